The topological polar surface area (TPSA) is 88.5 Å². The summed E-state index contributed by atoms with van der Waals surface area (Å²) in [6, 6.07) is 3.79. The first-order valence-corrected chi connectivity index (χ1v) is 8.67. The Balaban J connectivity index is 1.54. The second kappa shape index (κ2) is 7.20. The number of nitrogens with zero attached hydrogens (tertiary/aromatic N) is 4. The van der Waals surface area contributed by atoms with Crippen LogP contribution in [0.4, 0.5) is 0 Å². The summed E-state index contributed by atoms with van der Waals surface area (Å²) < 4.78 is 5.34. The van der Waals surface area contributed by atoms with Crippen molar-refractivity contribution in [2.24, 2.45) is 5.73 Å². The van der Waals surface area contributed by atoms with Crippen LogP contribution in [0.25, 0.3) is 10.7 Å². The molecule has 0 aliphatic carbocycles. The first-order chi connectivity index (χ1) is 11.2. The van der Waals surface area contributed by atoms with E-state index in [1.54, 1.807) is 11.3 Å². The molecule has 0 saturated carbocycles. The fraction of sp³-hybridized carbons (Fsp3) is 0.533. The van der Waals surface area contributed by atoms with E-state index in [4.69, 9.17) is 10.3 Å². The molecule has 0 aromatic carbocycles. The number of primary amides is 1. The van der Waals surface area contributed by atoms with Crippen LogP contribution >= 0.6 is 11.3 Å². The fourth-order valence-corrected chi connectivity index (χ4v) is 3.54. The third kappa shape index (κ3) is 3.77. The van der Waals surface area contributed by atoms with Gasteiger partial charge in [-0.25, -0.2) is 0 Å². The van der Waals surface area contributed by atoms with Gasteiger partial charge in [-0.15, -0.1) is 11.3 Å². The lowest BCUT2D eigenvalue weighted by atomic mass is 10.1. The second-order valence-electron chi connectivity index (χ2n) is 5.63. The van der Waals surface area contributed by atoms with Gasteiger partial charge in [0, 0.05) is 26.2 Å². The average Bonchev–Trinajstić information content (AvgIpc) is 3.20. The summed E-state index contributed by atoms with van der Waals surface area (Å²) in [6.45, 7) is 6.01. The summed E-state index contributed by atoms with van der Waals surface area (Å²) in [5, 5.41) is 6.02. The smallest absolute Gasteiger partial charge is 0.241 e. The molecule has 3 heterocycles. The fourth-order valence-electron chi connectivity index (χ4n) is 2.89. The van der Waals surface area contributed by atoms with Gasteiger partial charge in [-0.2, -0.15) is 4.98 Å². The molecule has 0 spiro atoms. The maximum Gasteiger partial charge on any atom is 0.241 e. The van der Waals surface area contributed by atoms with E-state index < -0.39 is 0 Å². The van der Waals surface area contributed by atoms with Crippen LogP contribution in [0.5, 0.6) is 0 Å². The van der Waals surface area contributed by atoms with Crippen molar-refractivity contribution in [2.75, 3.05) is 26.2 Å². The minimum Gasteiger partial charge on any atom is -0.368 e. The molecule has 1 fully saturated rings. The van der Waals surface area contributed by atoms with Gasteiger partial charge in [-0.1, -0.05) is 18.1 Å². The molecule has 1 atom stereocenters. The molecule has 124 valence electrons. The van der Waals surface area contributed by atoms with Gasteiger partial charge < -0.3 is 10.3 Å². The number of thiophene rings is 1. The second-order valence-corrected chi connectivity index (χ2v) is 6.58. The molecule has 2 aromatic heterocycles. The van der Waals surface area contributed by atoms with Crippen LogP contribution in [-0.2, 0) is 11.3 Å². The highest BCUT2D eigenvalue weighted by Gasteiger charge is 2.26. The number of nitrogens with two attached hydrogens (primary N) is 1. The van der Waals surface area contributed by atoms with Crippen LogP contribution in [0, 0.1) is 0 Å². The van der Waals surface area contributed by atoms with Crippen molar-refractivity contribution in [1.29, 1.82) is 0 Å². The van der Waals surface area contributed by atoms with Gasteiger partial charge >= 0.3 is 0 Å². The highest BCUT2D eigenvalue weighted by molar-refractivity contribution is 7.13. The van der Waals surface area contributed by atoms with E-state index in [0.29, 0.717) is 18.3 Å². The van der Waals surface area contributed by atoms with Gasteiger partial charge in [0.05, 0.1) is 17.5 Å². The van der Waals surface area contributed by atoms with Crippen molar-refractivity contribution in [3.05, 3.63) is 23.4 Å². The minimum atomic E-state index is -0.238. The van der Waals surface area contributed by atoms with Crippen molar-refractivity contribution in [1.82, 2.24) is 19.9 Å². The van der Waals surface area contributed by atoms with Crippen molar-refractivity contribution in [2.45, 2.75) is 25.9 Å². The molecule has 8 heteroatoms. The van der Waals surface area contributed by atoms with Crippen LogP contribution < -0.4 is 5.73 Å². The van der Waals surface area contributed by atoms with Gasteiger partial charge in [0.15, 0.2) is 0 Å². The predicted octanol–water partition coefficient (Wildman–Crippen LogP) is 1.18. The Morgan fingerprint density at radius 3 is 2.83 bits per heavy atom. The Hall–Kier alpha value is -1.77. The zero-order valence-electron chi connectivity index (χ0n) is 13.1. The number of hydrogen-bond acceptors (Lipinski definition) is 7. The van der Waals surface area contributed by atoms with E-state index >= 15 is 0 Å². The lowest BCUT2D eigenvalue weighted by Crippen LogP contribution is -2.53. The molecule has 7 nitrogen and oxygen atoms in total. The molecule has 23 heavy (non-hydrogen) atoms. The summed E-state index contributed by atoms with van der Waals surface area (Å²) in [6.07, 6.45) is 0.753. The molecular weight excluding hydrogens is 314 g/mol. The Labute approximate surface area is 139 Å². The number of piperazine rings is 1. The standard InChI is InChI=1S/C15H21N5O2S/c1-2-11(14(16)21)20-7-5-19(6-8-20)10-13-17-15(18-22-13)12-4-3-9-23-12/h3-4,9,11H,2,5-8,10H2,1H3,(H2,16,21)/t11-/m0/s1. The monoisotopic (exact) mass is 335 g/mol. The average molecular weight is 335 g/mol. The lowest BCUT2D eigenvalue weighted by molar-refractivity contribution is -0.124. The number of rotatable bonds is 6. The normalized spacial score (nSPS) is 18.1. The van der Waals surface area contributed by atoms with Crippen molar-refractivity contribution >= 4 is 17.2 Å². The van der Waals surface area contributed by atoms with Crippen LogP contribution in [0.2, 0.25) is 0 Å². The van der Waals surface area contributed by atoms with Gasteiger partial charge in [-0.3, -0.25) is 14.6 Å². The molecule has 1 saturated heterocycles. The Morgan fingerprint density at radius 1 is 1.43 bits per heavy atom. The maximum absolute atomic E-state index is 11.5. The SMILES string of the molecule is CC[C@@H](C(N)=O)N1CCN(Cc2nc(-c3cccs3)no2)CC1. The van der Waals surface area contributed by atoms with Gasteiger partial charge in [-0.05, 0) is 17.9 Å². The zero-order valence-corrected chi connectivity index (χ0v) is 14.0. The number of amides is 1. The molecule has 1 amide bonds. The summed E-state index contributed by atoms with van der Waals surface area (Å²) in [5.74, 6) is 1.04. The Morgan fingerprint density at radius 2 is 2.22 bits per heavy atom. The molecule has 1 aliphatic heterocycles. The van der Waals surface area contributed by atoms with Crippen LogP contribution in [0.15, 0.2) is 22.0 Å². The molecule has 2 N–H and O–H groups in total. The first-order valence-electron chi connectivity index (χ1n) is 7.79. The van der Waals surface area contributed by atoms with Crippen molar-refractivity contribution in [3.8, 4) is 10.7 Å². The molecule has 0 radical (unpaired) electrons. The van der Waals surface area contributed by atoms with Gasteiger partial charge in [0.25, 0.3) is 0 Å². The molecule has 0 unspecified atom stereocenters. The molecule has 2 aromatic rings. The number of carbonyl (C=O) groups is 1. The van der Waals surface area contributed by atoms with E-state index in [-0.39, 0.29) is 11.9 Å². The van der Waals surface area contributed by atoms with Crippen molar-refractivity contribution < 1.29 is 9.32 Å². The molecular formula is C15H21N5O2S. The quantitative estimate of drug-likeness (QED) is 0.853. The summed E-state index contributed by atoms with van der Waals surface area (Å²) in [5.41, 5.74) is 5.46. The van der Waals surface area contributed by atoms with E-state index in [9.17, 15) is 4.79 Å². The molecule has 3 rings (SSSR count). The minimum absolute atomic E-state index is 0.161. The number of hydrogen-bond donors (Lipinski definition) is 1. The first kappa shape index (κ1) is 16.1. The Kier molecular flexibility index (Phi) is 5.04. The van der Waals surface area contributed by atoms with E-state index in [1.165, 1.54) is 0 Å². The number of carbonyl (C=O) groups excluding carboxylic acids is 1. The van der Waals surface area contributed by atoms with Crippen molar-refractivity contribution in [3.63, 3.8) is 0 Å². The van der Waals surface area contributed by atoms with Gasteiger partial charge in [0.2, 0.25) is 17.6 Å². The van der Waals surface area contributed by atoms with E-state index in [2.05, 4.69) is 19.9 Å². The third-order valence-corrected chi connectivity index (χ3v) is 5.00. The highest BCUT2D eigenvalue weighted by Crippen LogP contribution is 2.21. The Bertz CT molecular complexity index is 634. The lowest BCUT2D eigenvalue weighted by Gasteiger charge is -2.37. The van der Waals surface area contributed by atoms with Crippen LogP contribution in [0.3, 0.4) is 0 Å². The predicted molar refractivity (Wildman–Crippen MR) is 87.7 cm³/mol. The van der Waals surface area contributed by atoms with Crippen LogP contribution in [0.1, 0.15) is 19.2 Å². The van der Waals surface area contributed by atoms with E-state index in [0.717, 1.165) is 37.5 Å². The largest absolute Gasteiger partial charge is 0.368 e. The zero-order chi connectivity index (χ0) is 16.2. The highest BCUT2D eigenvalue weighted by atomic mass is 32.1. The number of aromatic nitrogens is 2. The summed E-state index contributed by atoms with van der Waals surface area (Å²) in [4.78, 5) is 21.3. The molecule has 0 bridgehead atoms. The summed E-state index contributed by atoms with van der Waals surface area (Å²) >= 11 is 1.60. The van der Waals surface area contributed by atoms with E-state index in [1.807, 2.05) is 24.4 Å². The van der Waals surface area contributed by atoms with Crippen LogP contribution in [-0.4, -0.2) is 58.1 Å². The van der Waals surface area contributed by atoms with Gasteiger partial charge in [0.1, 0.15) is 0 Å². The third-order valence-electron chi connectivity index (χ3n) is 4.13. The summed E-state index contributed by atoms with van der Waals surface area (Å²) in [7, 11) is 0. The maximum atomic E-state index is 11.5. The molecule has 1 aliphatic rings.